The van der Waals surface area contributed by atoms with E-state index in [4.69, 9.17) is 14.2 Å². The third kappa shape index (κ3) is 3.89. The number of Topliss-reactive ketones (excluding diaryl/α,β-unsaturated/α-hetero) is 1. The van der Waals surface area contributed by atoms with Crippen molar-refractivity contribution in [3.8, 4) is 0 Å². The van der Waals surface area contributed by atoms with Gasteiger partial charge in [0.25, 0.3) is 0 Å². The summed E-state index contributed by atoms with van der Waals surface area (Å²) in [5.74, 6) is 0.0299. The molecule has 3 rings (SSSR count). The van der Waals surface area contributed by atoms with Crippen molar-refractivity contribution in [2.24, 2.45) is 34.0 Å². The van der Waals surface area contributed by atoms with Crippen LogP contribution in [0.3, 0.4) is 0 Å². The molecule has 2 unspecified atom stereocenters. The van der Waals surface area contributed by atoms with Crippen LogP contribution >= 0.6 is 0 Å². The summed E-state index contributed by atoms with van der Waals surface area (Å²) in [7, 11) is 1.59. The van der Waals surface area contributed by atoms with Gasteiger partial charge in [-0.2, -0.15) is 0 Å². The van der Waals surface area contributed by atoms with Gasteiger partial charge < -0.3 is 19.3 Å². The summed E-state index contributed by atoms with van der Waals surface area (Å²) >= 11 is 0. The number of aliphatic hydroxyl groups excluding tert-OH is 1. The summed E-state index contributed by atoms with van der Waals surface area (Å²) in [6.07, 6.45) is 6.07. The van der Waals surface area contributed by atoms with E-state index in [9.17, 15) is 14.7 Å². The Morgan fingerprint density at radius 1 is 1.26 bits per heavy atom. The van der Waals surface area contributed by atoms with Crippen molar-refractivity contribution in [1.82, 2.24) is 0 Å². The predicted octanol–water partition coefficient (Wildman–Crippen LogP) is 3.90. The van der Waals surface area contributed by atoms with Crippen molar-refractivity contribution in [1.29, 1.82) is 0 Å². The summed E-state index contributed by atoms with van der Waals surface area (Å²) in [5, 5.41) is 11.7. The van der Waals surface area contributed by atoms with Crippen molar-refractivity contribution >= 4 is 11.8 Å². The zero-order valence-electron chi connectivity index (χ0n) is 20.0. The Kier molecular flexibility index (Phi) is 7.05. The first kappa shape index (κ1) is 24.4. The van der Waals surface area contributed by atoms with Gasteiger partial charge in [0.15, 0.2) is 0 Å². The Bertz CT molecular complexity index is 719. The van der Waals surface area contributed by atoms with Crippen LogP contribution in [0.4, 0.5) is 0 Å². The van der Waals surface area contributed by atoms with Gasteiger partial charge in [-0.1, -0.05) is 33.8 Å². The van der Waals surface area contributed by atoms with Crippen LogP contribution in [0.25, 0.3) is 0 Å². The maximum atomic E-state index is 13.2. The van der Waals surface area contributed by atoms with Gasteiger partial charge in [-0.25, -0.2) is 4.79 Å². The molecule has 0 aliphatic heterocycles. The molecule has 0 heterocycles. The van der Waals surface area contributed by atoms with Gasteiger partial charge >= 0.3 is 5.97 Å². The topological polar surface area (TPSA) is 82.1 Å². The van der Waals surface area contributed by atoms with Gasteiger partial charge in [0, 0.05) is 36.4 Å². The standard InChI is InChI=1S/C25H40O6/c1-7-30-20(28)10-11-23(4)14-19(27)24(5)16(2)8-12-25(13-9-18(26)21(24)25)17(3)22(23)31-15-29-6/h10-11,16-17,19,21-22,27H,7-9,12-15H2,1-6H3/b11-10+/t16-,17+,19-,21?,22+,23-,24+,25?/m1/s1. The minimum Gasteiger partial charge on any atom is -0.463 e. The Labute approximate surface area is 186 Å². The summed E-state index contributed by atoms with van der Waals surface area (Å²) in [5.41, 5.74) is -1.32. The van der Waals surface area contributed by atoms with E-state index >= 15 is 0 Å². The number of hydrogen-bond donors (Lipinski definition) is 1. The van der Waals surface area contributed by atoms with Gasteiger partial charge in [-0.05, 0) is 49.9 Å². The van der Waals surface area contributed by atoms with E-state index in [0.29, 0.717) is 19.4 Å². The molecule has 3 aliphatic carbocycles. The Morgan fingerprint density at radius 2 is 1.97 bits per heavy atom. The Hall–Kier alpha value is -1.24. The lowest BCUT2D eigenvalue weighted by atomic mass is 9.44. The van der Waals surface area contributed by atoms with E-state index in [0.717, 1.165) is 19.3 Å². The first-order valence-electron chi connectivity index (χ1n) is 11.7. The van der Waals surface area contributed by atoms with Crippen LogP contribution < -0.4 is 0 Å². The number of rotatable bonds is 6. The highest BCUT2D eigenvalue weighted by Crippen LogP contribution is 2.67. The second kappa shape index (κ2) is 8.95. The molecule has 3 saturated carbocycles. The van der Waals surface area contributed by atoms with E-state index in [2.05, 4.69) is 20.8 Å². The Morgan fingerprint density at radius 3 is 2.61 bits per heavy atom. The van der Waals surface area contributed by atoms with Crippen LogP contribution in [0.15, 0.2) is 12.2 Å². The third-order valence-electron chi connectivity index (χ3n) is 9.07. The van der Waals surface area contributed by atoms with Crippen molar-refractivity contribution in [3.63, 3.8) is 0 Å². The van der Waals surface area contributed by atoms with Crippen LogP contribution in [-0.4, -0.2) is 49.6 Å². The fraction of sp³-hybridized carbons (Fsp3) is 0.840. The van der Waals surface area contributed by atoms with E-state index in [1.807, 2.05) is 13.0 Å². The van der Waals surface area contributed by atoms with Gasteiger partial charge in [-0.15, -0.1) is 0 Å². The number of ether oxygens (including phenoxy) is 3. The highest BCUT2D eigenvalue weighted by atomic mass is 16.7. The molecule has 176 valence electrons. The second-order valence-electron chi connectivity index (χ2n) is 10.5. The molecule has 0 amide bonds. The Balaban J connectivity index is 2.12. The maximum Gasteiger partial charge on any atom is 0.330 e. The fourth-order valence-electron chi connectivity index (χ4n) is 7.23. The van der Waals surface area contributed by atoms with E-state index < -0.39 is 22.9 Å². The van der Waals surface area contributed by atoms with E-state index in [1.165, 1.54) is 6.08 Å². The lowest BCUT2D eigenvalue weighted by molar-refractivity contribution is -0.214. The molecule has 0 saturated heterocycles. The highest BCUT2D eigenvalue weighted by Gasteiger charge is 2.67. The molecule has 0 spiro atoms. The maximum absolute atomic E-state index is 13.2. The fourth-order valence-corrected chi connectivity index (χ4v) is 7.23. The number of hydrogen-bond acceptors (Lipinski definition) is 6. The lowest BCUT2D eigenvalue weighted by Gasteiger charge is -2.62. The predicted molar refractivity (Wildman–Crippen MR) is 117 cm³/mol. The normalized spacial score (nSPS) is 45.3. The molecule has 3 aliphatic rings. The van der Waals surface area contributed by atoms with Crippen molar-refractivity contribution in [3.05, 3.63) is 12.2 Å². The number of carbonyl (C=O) groups excluding carboxylic acids is 2. The molecule has 31 heavy (non-hydrogen) atoms. The number of methoxy groups -OCH3 is 1. The zero-order valence-corrected chi connectivity index (χ0v) is 20.0. The van der Waals surface area contributed by atoms with Crippen LogP contribution in [0.1, 0.15) is 66.7 Å². The van der Waals surface area contributed by atoms with Gasteiger partial charge in [0.1, 0.15) is 12.6 Å². The van der Waals surface area contributed by atoms with E-state index in [-0.39, 0.29) is 41.8 Å². The smallest absolute Gasteiger partial charge is 0.330 e. The third-order valence-corrected chi connectivity index (χ3v) is 9.07. The molecule has 1 N–H and O–H groups in total. The average Bonchev–Trinajstić information content (AvgIpc) is 3.07. The van der Waals surface area contributed by atoms with Crippen LogP contribution in [0.5, 0.6) is 0 Å². The molecule has 6 heteroatoms. The molecule has 6 nitrogen and oxygen atoms in total. The molecule has 0 aromatic heterocycles. The minimum atomic E-state index is -0.688. The first-order valence-corrected chi connectivity index (χ1v) is 11.7. The first-order chi connectivity index (χ1) is 14.6. The number of carbonyl (C=O) groups is 2. The quantitative estimate of drug-likeness (QED) is 0.386. The average molecular weight is 437 g/mol. The molecule has 0 radical (unpaired) electrons. The summed E-state index contributed by atoms with van der Waals surface area (Å²) < 4.78 is 16.6. The van der Waals surface area contributed by atoms with Crippen LogP contribution in [0, 0.1) is 34.0 Å². The summed E-state index contributed by atoms with van der Waals surface area (Å²) in [6.45, 7) is 10.7. The van der Waals surface area contributed by atoms with Crippen LogP contribution in [0.2, 0.25) is 0 Å². The molecular weight excluding hydrogens is 396 g/mol. The van der Waals surface area contributed by atoms with Gasteiger partial charge in [0.2, 0.25) is 0 Å². The molecule has 3 fully saturated rings. The monoisotopic (exact) mass is 436 g/mol. The number of ketones is 1. The molecule has 2 bridgehead atoms. The summed E-state index contributed by atoms with van der Waals surface area (Å²) in [6, 6.07) is 0. The van der Waals surface area contributed by atoms with E-state index in [1.54, 1.807) is 14.0 Å². The highest BCUT2D eigenvalue weighted by molar-refractivity contribution is 5.85. The second-order valence-corrected chi connectivity index (χ2v) is 10.5. The van der Waals surface area contributed by atoms with Crippen molar-refractivity contribution < 1.29 is 28.9 Å². The van der Waals surface area contributed by atoms with Gasteiger partial charge in [-0.3, -0.25) is 4.79 Å². The van der Waals surface area contributed by atoms with Gasteiger partial charge in [0.05, 0.1) is 18.8 Å². The SMILES string of the molecule is CCOC(=O)/C=C/[C@]1(C)C[C@@H](O)[C@@]2(C)C3C(=O)CCC3(CC[C@H]2C)[C@@H](C)[C@@H]1OCOC. The van der Waals surface area contributed by atoms with Crippen LogP contribution in [-0.2, 0) is 23.8 Å². The molecule has 0 aromatic rings. The molecular formula is C25H40O6. The van der Waals surface area contributed by atoms with Crippen molar-refractivity contribution in [2.45, 2.75) is 78.9 Å². The zero-order chi connectivity index (χ0) is 23.0. The molecule has 8 atom stereocenters. The summed E-state index contributed by atoms with van der Waals surface area (Å²) in [4.78, 5) is 25.4. The van der Waals surface area contributed by atoms with Crippen molar-refractivity contribution in [2.75, 3.05) is 20.5 Å². The largest absolute Gasteiger partial charge is 0.463 e. The minimum absolute atomic E-state index is 0.0651. The number of aliphatic hydroxyl groups is 1. The lowest BCUT2D eigenvalue weighted by Crippen LogP contribution is -2.62. The molecule has 0 aromatic carbocycles. The number of esters is 1.